The minimum Gasteiger partial charge on any atom is -0.376 e. The molecule has 1 aliphatic carbocycles. The molecule has 3 atom stereocenters. The Hall–Kier alpha value is -0.0800. The van der Waals surface area contributed by atoms with Gasteiger partial charge in [-0.05, 0) is 38.5 Å². The quantitative estimate of drug-likeness (QED) is 0.719. The van der Waals surface area contributed by atoms with Crippen molar-refractivity contribution in [3.63, 3.8) is 0 Å². The molecule has 1 saturated heterocycles. The molecule has 2 aliphatic rings. The number of ether oxygens (including phenoxy) is 1. The SMILES string of the molecule is CCC(C)NC1CCOC1C1CC1. The van der Waals surface area contributed by atoms with E-state index in [4.69, 9.17) is 4.74 Å². The van der Waals surface area contributed by atoms with Crippen LogP contribution in [0.5, 0.6) is 0 Å². The van der Waals surface area contributed by atoms with Crippen LogP contribution in [0, 0.1) is 5.92 Å². The van der Waals surface area contributed by atoms with Crippen molar-refractivity contribution in [3.05, 3.63) is 0 Å². The van der Waals surface area contributed by atoms with E-state index in [0.717, 1.165) is 12.5 Å². The second-order valence-electron chi connectivity index (χ2n) is 4.54. The summed E-state index contributed by atoms with van der Waals surface area (Å²) in [7, 11) is 0. The van der Waals surface area contributed by atoms with Crippen molar-refractivity contribution in [2.24, 2.45) is 5.92 Å². The van der Waals surface area contributed by atoms with Crippen LogP contribution in [0.1, 0.15) is 39.5 Å². The van der Waals surface area contributed by atoms with Crippen molar-refractivity contribution in [2.45, 2.75) is 57.7 Å². The second-order valence-corrected chi connectivity index (χ2v) is 4.54. The van der Waals surface area contributed by atoms with Gasteiger partial charge in [-0.3, -0.25) is 0 Å². The van der Waals surface area contributed by atoms with Gasteiger partial charge in [0.2, 0.25) is 0 Å². The Morgan fingerprint density at radius 2 is 2.15 bits per heavy atom. The molecule has 0 bridgehead atoms. The molecule has 2 nitrogen and oxygen atoms in total. The smallest absolute Gasteiger partial charge is 0.0757 e. The van der Waals surface area contributed by atoms with Crippen LogP contribution in [0.3, 0.4) is 0 Å². The van der Waals surface area contributed by atoms with E-state index in [1.54, 1.807) is 0 Å². The molecule has 1 heterocycles. The molecular formula is C11H21NO. The number of hydrogen-bond donors (Lipinski definition) is 1. The molecule has 0 aromatic carbocycles. The Bertz CT molecular complexity index is 167. The Balaban J connectivity index is 1.82. The van der Waals surface area contributed by atoms with Gasteiger partial charge in [-0.25, -0.2) is 0 Å². The summed E-state index contributed by atoms with van der Waals surface area (Å²) in [6, 6.07) is 1.29. The first-order chi connectivity index (χ1) is 6.31. The average Bonchev–Trinajstić information content (AvgIpc) is 2.88. The summed E-state index contributed by atoms with van der Waals surface area (Å²) in [5.74, 6) is 0.879. The molecule has 0 aromatic rings. The van der Waals surface area contributed by atoms with Crippen molar-refractivity contribution in [2.75, 3.05) is 6.61 Å². The third-order valence-corrected chi connectivity index (χ3v) is 3.33. The fourth-order valence-corrected chi connectivity index (χ4v) is 2.16. The van der Waals surface area contributed by atoms with E-state index >= 15 is 0 Å². The normalized spacial score (nSPS) is 36.5. The first kappa shape index (κ1) is 9.47. The molecule has 0 radical (unpaired) electrons. The van der Waals surface area contributed by atoms with Gasteiger partial charge in [0.1, 0.15) is 0 Å². The maximum absolute atomic E-state index is 5.77. The van der Waals surface area contributed by atoms with Crippen LogP contribution in [-0.4, -0.2) is 24.8 Å². The molecule has 2 rings (SSSR count). The lowest BCUT2D eigenvalue weighted by atomic mass is 10.0. The summed E-state index contributed by atoms with van der Waals surface area (Å²) in [4.78, 5) is 0. The Morgan fingerprint density at radius 3 is 2.77 bits per heavy atom. The van der Waals surface area contributed by atoms with Crippen LogP contribution in [0.25, 0.3) is 0 Å². The van der Waals surface area contributed by atoms with Gasteiger partial charge in [0.25, 0.3) is 0 Å². The zero-order chi connectivity index (χ0) is 9.26. The molecular weight excluding hydrogens is 162 g/mol. The van der Waals surface area contributed by atoms with Gasteiger partial charge in [0, 0.05) is 18.7 Å². The lowest BCUT2D eigenvalue weighted by Crippen LogP contribution is -2.42. The monoisotopic (exact) mass is 183 g/mol. The minimum absolute atomic E-state index is 0.536. The highest BCUT2D eigenvalue weighted by atomic mass is 16.5. The molecule has 1 aliphatic heterocycles. The van der Waals surface area contributed by atoms with Gasteiger partial charge >= 0.3 is 0 Å². The summed E-state index contributed by atoms with van der Waals surface area (Å²) in [6.07, 6.45) is 5.75. The molecule has 13 heavy (non-hydrogen) atoms. The van der Waals surface area contributed by atoms with E-state index in [1.807, 2.05) is 0 Å². The van der Waals surface area contributed by atoms with Crippen molar-refractivity contribution >= 4 is 0 Å². The van der Waals surface area contributed by atoms with Gasteiger partial charge in [-0.15, -0.1) is 0 Å². The zero-order valence-corrected chi connectivity index (χ0v) is 8.75. The molecule has 1 N–H and O–H groups in total. The van der Waals surface area contributed by atoms with E-state index in [2.05, 4.69) is 19.2 Å². The number of rotatable bonds is 4. The van der Waals surface area contributed by atoms with Gasteiger partial charge in [0.05, 0.1) is 6.10 Å². The van der Waals surface area contributed by atoms with Crippen LogP contribution in [0.2, 0.25) is 0 Å². The highest BCUT2D eigenvalue weighted by molar-refractivity contribution is 4.94. The summed E-state index contributed by atoms with van der Waals surface area (Å²) in [5, 5.41) is 3.67. The topological polar surface area (TPSA) is 21.3 Å². The third kappa shape index (κ3) is 2.23. The average molecular weight is 183 g/mol. The molecule has 76 valence electrons. The van der Waals surface area contributed by atoms with Crippen LogP contribution < -0.4 is 5.32 Å². The molecule has 0 aromatic heterocycles. The Labute approximate surface area is 81.0 Å². The zero-order valence-electron chi connectivity index (χ0n) is 8.75. The second kappa shape index (κ2) is 3.97. The van der Waals surface area contributed by atoms with Crippen LogP contribution in [-0.2, 0) is 4.74 Å². The number of nitrogens with one attached hydrogen (secondary N) is 1. The molecule has 2 heteroatoms. The molecule has 0 amide bonds. The fraction of sp³-hybridized carbons (Fsp3) is 1.00. The largest absolute Gasteiger partial charge is 0.376 e. The van der Waals surface area contributed by atoms with Gasteiger partial charge in [0.15, 0.2) is 0 Å². The third-order valence-electron chi connectivity index (χ3n) is 3.33. The van der Waals surface area contributed by atoms with Crippen LogP contribution >= 0.6 is 0 Å². The van der Waals surface area contributed by atoms with Crippen LogP contribution in [0.15, 0.2) is 0 Å². The predicted octanol–water partition coefficient (Wildman–Crippen LogP) is 1.94. The summed E-state index contributed by atoms with van der Waals surface area (Å²) < 4.78 is 5.77. The lowest BCUT2D eigenvalue weighted by Gasteiger charge is -2.23. The first-order valence-electron chi connectivity index (χ1n) is 5.69. The first-order valence-corrected chi connectivity index (χ1v) is 5.69. The summed E-state index contributed by atoms with van der Waals surface area (Å²) in [6.45, 7) is 5.47. The van der Waals surface area contributed by atoms with Gasteiger partial charge in [-0.2, -0.15) is 0 Å². The molecule has 1 saturated carbocycles. The van der Waals surface area contributed by atoms with Crippen molar-refractivity contribution in [3.8, 4) is 0 Å². The van der Waals surface area contributed by atoms with Crippen LogP contribution in [0.4, 0.5) is 0 Å². The highest BCUT2D eigenvalue weighted by Gasteiger charge is 2.40. The van der Waals surface area contributed by atoms with Crippen molar-refractivity contribution in [1.82, 2.24) is 5.32 Å². The molecule has 3 unspecified atom stereocenters. The van der Waals surface area contributed by atoms with Crippen molar-refractivity contribution in [1.29, 1.82) is 0 Å². The van der Waals surface area contributed by atoms with E-state index < -0.39 is 0 Å². The van der Waals surface area contributed by atoms with E-state index in [9.17, 15) is 0 Å². The molecule has 2 fully saturated rings. The summed E-state index contributed by atoms with van der Waals surface area (Å²) in [5.41, 5.74) is 0. The predicted molar refractivity (Wildman–Crippen MR) is 53.8 cm³/mol. The Kier molecular flexibility index (Phi) is 2.89. The maximum Gasteiger partial charge on any atom is 0.0757 e. The van der Waals surface area contributed by atoms with Gasteiger partial charge < -0.3 is 10.1 Å². The van der Waals surface area contributed by atoms with E-state index in [0.29, 0.717) is 18.2 Å². The minimum atomic E-state index is 0.536. The highest BCUT2D eigenvalue weighted by Crippen LogP contribution is 2.38. The fourth-order valence-electron chi connectivity index (χ4n) is 2.16. The molecule has 0 spiro atoms. The lowest BCUT2D eigenvalue weighted by molar-refractivity contribution is 0.0792. The van der Waals surface area contributed by atoms with Crippen molar-refractivity contribution < 1.29 is 4.74 Å². The van der Waals surface area contributed by atoms with E-state index in [-0.39, 0.29) is 0 Å². The maximum atomic E-state index is 5.77. The summed E-state index contributed by atoms with van der Waals surface area (Å²) >= 11 is 0. The standard InChI is InChI=1S/C11H21NO/c1-3-8(2)12-10-6-7-13-11(10)9-4-5-9/h8-12H,3-7H2,1-2H3. The van der Waals surface area contributed by atoms with Gasteiger partial charge in [-0.1, -0.05) is 6.92 Å². The number of hydrogen-bond acceptors (Lipinski definition) is 2. The van der Waals surface area contributed by atoms with E-state index in [1.165, 1.54) is 25.7 Å². The Morgan fingerprint density at radius 1 is 1.38 bits per heavy atom.